The fourth-order valence-corrected chi connectivity index (χ4v) is 3.62. The average molecular weight is 330 g/mol. The molecule has 2 fully saturated rings. The number of nitrogens with zero attached hydrogens (tertiary/aromatic N) is 2. The minimum absolute atomic E-state index is 0.0591. The predicted molar refractivity (Wildman–Crippen MR) is 91.4 cm³/mol. The molecule has 2 saturated heterocycles. The SMILES string of the molecule is CC(=O)N1CCO[C@H]2CN(C(=O)CCc3ccccc3)CC[C@H]2C1. The summed E-state index contributed by atoms with van der Waals surface area (Å²) in [6.45, 7) is 5.01. The van der Waals surface area contributed by atoms with Crippen molar-refractivity contribution < 1.29 is 14.3 Å². The van der Waals surface area contributed by atoms with E-state index in [1.54, 1.807) is 6.92 Å². The van der Waals surface area contributed by atoms with Gasteiger partial charge < -0.3 is 14.5 Å². The molecule has 130 valence electrons. The third-order valence-corrected chi connectivity index (χ3v) is 5.11. The highest BCUT2D eigenvalue weighted by atomic mass is 16.5. The summed E-state index contributed by atoms with van der Waals surface area (Å²) < 4.78 is 5.94. The van der Waals surface area contributed by atoms with Crippen LogP contribution in [0.3, 0.4) is 0 Å². The van der Waals surface area contributed by atoms with Crippen LogP contribution in [0, 0.1) is 5.92 Å². The number of piperidine rings is 1. The van der Waals surface area contributed by atoms with Gasteiger partial charge in [-0.15, -0.1) is 0 Å². The molecule has 0 radical (unpaired) electrons. The molecule has 0 unspecified atom stereocenters. The van der Waals surface area contributed by atoms with Gasteiger partial charge in [0, 0.05) is 45.4 Å². The van der Waals surface area contributed by atoms with Crippen LogP contribution in [0.15, 0.2) is 30.3 Å². The number of likely N-dealkylation sites (tertiary alicyclic amines) is 1. The third kappa shape index (κ3) is 4.15. The van der Waals surface area contributed by atoms with E-state index in [4.69, 9.17) is 4.74 Å². The fourth-order valence-electron chi connectivity index (χ4n) is 3.62. The summed E-state index contributed by atoms with van der Waals surface area (Å²) in [7, 11) is 0. The van der Waals surface area contributed by atoms with Crippen LogP contribution in [0.1, 0.15) is 25.3 Å². The lowest BCUT2D eigenvalue weighted by atomic mass is 9.93. The Bertz CT molecular complexity index is 575. The Hall–Kier alpha value is -1.88. The van der Waals surface area contributed by atoms with Gasteiger partial charge in [0.1, 0.15) is 0 Å². The molecule has 1 aromatic rings. The van der Waals surface area contributed by atoms with Crippen LogP contribution in [0.4, 0.5) is 0 Å². The summed E-state index contributed by atoms with van der Waals surface area (Å²) in [6.07, 6.45) is 2.29. The van der Waals surface area contributed by atoms with E-state index >= 15 is 0 Å². The third-order valence-electron chi connectivity index (χ3n) is 5.11. The van der Waals surface area contributed by atoms with E-state index in [0.717, 1.165) is 25.9 Å². The lowest BCUT2D eigenvalue weighted by Gasteiger charge is -2.38. The molecule has 5 nitrogen and oxygen atoms in total. The number of benzene rings is 1. The summed E-state index contributed by atoms with van der Waals surface area (Å²) >= 11 is 0. The van der Waals surface area contributed by atoms with Gasteiger partial charge in [-0.05, 0) is 18.4 Å². The first-order chi connectivity index (χ1) is 11.6. The van der Waals surface area contributed by atoms with Crippen LogP contribution in [-0.4, -0.2) is 60.5 Å². The van der Waals surface area contributed by atoms with Gasteiger partial charge in [-0.2, -0.15) is 0 Å². The Morgan fingerprint density at radius 2 is 1.92 bits per heavy atom. The average Bonchev–Trinajstić information content (AvgIpc) is 2.82. The van der Waals surface area contributed by atoms with E-state index in [2.05, 4.69) is 12.1 Å². The van der Waals surface area contributed by atoms with E-state index in [0.29, 0.717) is 32.0 Å². The summed E-state index contributed by atoms with van der Waals surface area (Å²) in [5.41, 5.74) is 1.20. The first-order valence-electron chi connectivity index (χ1n) is 8.82. The van der Waals surface area contributed by atoms with Crippen molar-refractivity contribution in [2.24, 2.45) is 5.92 Å². The maximum Gasteiger partial charge on any atom is 0.222 e. The second kappa shape index (κ2) is 7.79. The van der Waals surface area contributed by atoms with Crippen LogP contribution in [-0.2, 0) is 20.7 Å². The van der Waals surface area contributed by atoms with Crippen molar-refractivity contribution in [3.8, 4) is 0 Å². The normalized spacial score (nSPS) is 24.2. The van der Waals surface area contributed by atoms with E-state index < -0.39 is 0 Å². The van der Waals surface area contributed by atoms with Gasteiger partial charge in [0.2, 0.25) is 11.8 Å². The molecule has 0 spiro atoms. The molecule has 0 aliphatic carbocycles. The van der Waals surface area contributed by atoms with Crippen molar-refractivity contribution >= 4 is 11.8 Å². The van der Waals surface area contributed by atoms with Crippen molar-refractivity contribution in [2.45, 2.75) is 32.3 Å². The summed E-state index contributed by atoms with van der Waals surface area (Å²) in [6, 6.07) is 10.1. The Morgan fingerprint density at radius 1 is 1.12 bits per heavy atom. The number of amides is 2. The number of fused-ring (bicyclic) bond motifs is 1. The molecule has 2 heterocycles. The Morgan fingerprint density at radius 3 is 2.67 bits per heavy atom. The molecular weight excluding hydrogens is 304 g/mol. The molecule has 1 aromatic carbocycles. The number of ether oxygens (including phenoxy) is 1. The maximum absolute atomic E-state index is 12.5. The molecule has 0 N–H and O–H groups in total. The van der Waals surface area contributed by atoms with Gasteiger partial charge in [0.25, 0.3) is 0 Å². The van der Waals surface area contributed by atoms with Crippen molar-refractivity contribution in [1.29, 1.82) is 0 Å². The molecule has 5 heteroatoms. The topological polar surface area (TPSA) is 49.9 Å². The quantitative estimate of drug-likeness (QED) is 0.848. The lowest BCUT2D eigenvalue weighted by molar-refractivity contribution is -0.137. The smallest absolute Gasteiger partial charge is 0.222 e. The molecule has 24 heavy (non-hydrogen) atoms. The molecular formula is C19H26N2O3. The molecule has 2 aliphatic rings. The number of hydrogen-bond acceptors (Lipinski definition) is 3. The molecule has 0 saturated carbocycles. The van der Waals surface area contributed by atoms with Crippen molar-refractivity contribution in [1.82, 2.24) is 9.80 Å². The Labute approximate surface area is 143 Å². The van der Waals surface area contributed by atoms with Gasteiger partial charge in [-0.1, -0.05) is 30.3 Å². The van der Waals surface area contributed by atoms with E-state index in [-0.39, 0.29) is 17.9 Å². The fraction of sp³-hybridized carbons (Fsp3) is 0.579. The minimum Gasteiger partial charge on any atom is -0.374 e. The number of aryl methyl sites for hydroxylation is 1. The highest BCUT2D eigenvalue weighted by Gasteiger charge is 2.35. The minimum atomic E-state index is 0.0591. The van der Waals surface area contributed by atoms with Crippen LogP contribution >= 0.6 is 0 Å². The van der Waals surface area contributed by atoms with Crippen LogP contribution < -0.4 is 0 Å². The highest BCUT2D eigenvalue weighted by molar-refractivity contribution is 5.76. The van der Waals surface area contributed by atoms with Gasteiger partial charge >= 0.3 is 0 Å². The molecule has 3 rings (SSSR count). The molecule has 2 amide bonds. The largest absolute Gasteiger partial charge is 0.374 e. The second-order valence-corrected chi connectivity index (χ2v) is 6.75. The zero-order valence-electron chi connectivity index (χ0n) is 14.3. The van der Waals surface area contributed by atoms with E-state index in [1.807, 2.05) is 28.0 Å². The number of carbonyl (C=O) groups is 2. The molecule has 2 atom stereocenters. The highest BCUT2D eigenvalue weighted by Crippen LogP contribution is 2.24. The summed E-state index contributed by atoms with van der Waals surface area (Å²) in [5, 5.41) is 0. The molecule has 0 bridgehead atoms. The van der Waals surface area contributed by atoms with Gasteiger partial charge in [0.15, 0.2) is 0 Å². The lowest BCUT2D eigenvalue weighted by Crippen LogP contribution is -2.49. The number of hydrogen-bond donors (Lipinski definition) is 0. The monoisotopic (exact) mass is 330 g/mol. The van der Waals surface area contributed by atoms with Gasteiger partial charge in [-0.25, -0.2) is 0 Å². The first kappa shape index (κ1) is 17.0. The van der Waals surface area contributed by atoms with Gasteiger partial charge in [0.05, 0.1) is 12.7 Å². The zero-order valence-corrected chi connectivity index (χ0v) is 14.3. The molecule has 0 aromatic heterocycles. The zero-order chi connectivity index (χ0) is 16.9. The van der Waals surface area contributed by atoms with Crippen LogP contribution in [0.25, 0.3) is 0 Å². The van der Waals surface area contributed by atoms with E-state index in [1.165, 1.54) is 5.56 Å². The first-order valence-corrected chi connectivity index (χ1v) is 8.82. The van der Waals surface area contributed by atoms with Crippen molar-refractivity contribution in [3.05, 3.63) is 35.9 Å². The number of rotatable bonds is 3. The van der Waals surface area contributed by atoms with Gasteiger partial charge in [-0.3, -0.25) is 9.59 Å². The maximum atomic E-state index is 12.5. The van der Waals surface area contributed by atoms with E-state index in [9.17, 15) is 9.59 Å². The Kier molecular flexibility index (Phi) is 5.51. The standard InChI is InChI=1S/C19H26N2O3/c1-15(22)20-11-12-24-18-14-21(10-9-17(18)13-20)19(23)8-7-16-5-3-2-4-6-16/h2-6,17-18H,7-14H2,1H3/t17-,18-/m0/s1. The number of carbonyl (C=O) groups excluding carboxylic acids is 2. The summed E-state index contributed by atoms with van der Waals surface area (Å²) in [5.74, 6) is 0.656. The van der Waals surface area contributed by atoms with Crippen LogP contribution in [0.5, 0.6) is 0 Å². The second-order valence-electron chi connectivity index (χ2n) is 6.75. The van der Waals surface area contributed by atoms with Crippen molar-refractivity contribution in [2.75, 3.05) is 32.8 Å². The predicted octanol–water partition coefficient (Wildman–Crippen LogP) is 1.71. The Balaban J connectivity index is 1.52. The summed E-state index contributed by atoms with van der Waals surface area (Å²) in [4.78, 5) is 27.9. The molecule has 2 aliphatic heterocycles. The van der Waals surface area contributed by atoms with Crippen LogP contribution in [0.2, 0.25) is 0 Å². The van der Waals surface area contributed by atoms with Crippen molar-refractivity contribution in [3.63, 3.8) is 0 Å².